The van der Waals surface area contributed by atoms with Gasteiger partial charge in [0.2, 0.25) is 5.95 Å². The average Bonchev–Trinajstić information content (AvgIpc) is 3.52. The van der Waals surface area contributed by atoms with Crippen LogP contribution in [0.1, 0.15) is 24.1 Å². The second-order valence-electron chi connectivity index (χ2n) is 9.10. The predicted molar refractivity (Wildman–Crippen MR) is 155 cm³/mol. The van der Waals surface area contributed by atoms with Gasteiger partial charge < -0.3 is 19.2 Å². The van der Waals surface area contributed by atoms with Crippen molar-refractivity contribution in [3.05, 3.63) is 87.2 Å². The second-order valence-corrected chi connectivity index (χ2v) is 9.82. The molecule has 0 unspecified atom stereocenters. The summed E-state index contributed by atoms with van der Waals surface area (Å²) < 4.78 is 7.72. The van der Waals surface area contributed by atoms with Gasteiger partial charge in [-0.1, -0.05) is 30.3 Å². The number of rotatable bonds is 7. The second kappa shape index (κ2) is 12.1. The molecular weight excluding hydrogens is 529 g/mol. The molecular formula is C27H29Cl2N5O2S. The van der Waals surface area contributed by atoms with E-state index in [1.54, 1.807) is 11.3 Å². The number of thiazole rings is 1. The molecule has 1 aliphatic heterocycles. The maximum Gasteiger partial charge on any atom is 0.339 e. The molecule has 0 amide bonds. The first-order valence-corrected chi connectivity index (χ1v) is 13.0. The number of hydrogen-bond donors (Lipinski definition) is 1. The van der Waals surface area contributed by atoms with Crippen molar-refractivity contribution in [1.29, 1.82) is 0 Å². The highest BCUT2D eigenvalue weighted by molar-refractivity contribution is 7.07. The number of imidazole rings is 1. The van der Waals surface area contributed by atoms with Crippen LogP contribution < -0.4 is 10.9 Å². The fraction of sp³-hybridized carbons (Fsp3) is 0.296. The topological polar surface area (TPSA) is 76.2 Å². The average molecular weight is 559 g/mol. The molecule has 0 bridgehead atoms. The van der Waals surface area contributed by atoms with Gasteiger partial charge in [0.15, 0.2) is 0 Å². The van der Waals surface area contributed by atoms with E-state index in [1.807, 2.05) is 41.9 Å². The van der Waals surface area contributed by atoms with E-state index >= 15 is 0 Å². The molecule has 0 atom stereocenters. The number of para-hydroxylation sites is 3. The fourth-order valence-electron chi connectivity index (χ4n) is 4.86. The summed E-state index contributed by atoms with van der Waals surface area (Å²) in [6.45, 7) is 3.55. The fourth-order valence-corrected chi connectivity index (χ4v) is 5.41. The van der Waals surface area contributed by atoms with Gasteiger partial charge in [0, 0.05) is 42.0 Å². The Labute approximate surface area is 231 Å². The van der Waals surface area contributed by atoms with E-state index in [4.69, 9.17) is 9.40 Å². The quantitative estimate of drug-likeness (QED) is 0.262. The van der Waals surface area contributed by atoms with E-state index in [2.05, 4.69) is 43.3 Å². The van der Waals surface area contributed by atoms with E-state index in [1.165, 1.54) is 0 Å². The molecule has 7 nitrogen and oxygen atoms in total. The first-order chi connectivity index (χ1) is 17.2. The van der Waals surface area contributed by atoms with E-state index in [0.717, 1.165) is 66.1 Å². The molecule has 194 valence electrons. The maximum absolute atomic E-state index is 12.4. The number of nitrogens with zero attached hydrogens (tertiary/aromatic N) is 4. The number of anilines is 1. The number of nitrogens with one attached hydrogen (secondary N) is 1. The van der Waals surface area contributed by atoms with E-state index < -0.39 is 0 Å². The molecule has 5 aromatic rings. The lowest BCUT2D eigenvalue weighted by molar-refractivity contribution is 0.220. The largest absolute Gasteiger partial charge is 0.423 e. The number of fused-ring (bicyclic) bond motifs is 2. The summed E-state index contributed by atoms with van der Waals surface area (Å²) in [4.78, 5) is 24.2. The van der Waals surface area contributed by atoms with Crippen LogP contribution in [0.5, 0.6) is 0 Å². The molecule has 10 heteroatoms. The van der Waals surface area contributed by atoms with Crippen molar-refractivity contribution in [2.75, 3.05) is 25.0 Å². The summed E-state index contributed by atoms with van der Waals surface area (Å²) in [6.07, 6.45) is 2.77. The first-order valence-electron chi connectivity index (χ1n) is 12.1. The number of hydrogen-bond acceptors (Lipinski definition) is 7. The summed E-state index contributed by atoms with van der Waals surface area (Å²) in [5.74, 6) is 0.909. The number of halogens is 2. The third-order valence-corrected chi connectivity index (χ3v) is 7.43. The summed E-state index contributed by atoms with van der Waals surface area (Å²) >= 11 is 1.62. The summed E-state index contributed by atoms with van der Waals surface area (Å²) in [6, 6.07) is 18.3. The lowest BCUT2D eigenvalue weighted by Crippen LogP contribution is -2.40. The van der Waals surface area contributed by atoms with Gasteiger partial charge in [0.25, 0.3) is 0 Å². The first kappa shape index (κ1) is 27.1. The predicted octanol–water partition coefficient (Wildman–Crippen LogP) is 5.61. The smallest absolute Gasteiger partial charge is 0.339 e. The van der Waals surface area contributed by atoms with E-state index in [-0.39, 0.29) is 30.4 Å². The van der Waals surface area contributed by atoms with Gasteiger partial charge in [0.1, 0.15) is 5.58 Å². The van der Waals surface area contributed by atoms with Gasteiger partial charge >= 0.3 is 5.63 Å². The molecule has 0 spiro atoms. The third-order valence-electron chi connectivity index (χ3n) is 6.79. The normalized spacial score (nSPS) is 14.4. The Morgan fingerprint density at radius 2 is 1.84 bits per heavy atom. The lowest BCUT2D eigenvalue weighted by atomic mass is 10.0. The molecule has 1 fully saturated rings. The SMILES string of the molecule is Cl.Cl.O=c1oc2ccccc2cc1CCN1CCC(Nc2nc3ccccc3n2Cc2cscn2)CC1. The third kappa shape index (κ3) is 5.99. The van der Waals surface area contributed by atoms with Gasteiger partial charge in [-0.05, 0) is 43.5 Å². The van der Waals surface area contributed by atoms with Crippen molar-refractivity contribution >= 4 is 64.1 Å². The number of likely N-dealkylation sites (tertiary alicyclic amines) is 1. The zero-order valence-corrected chi connectivity index (χ0v) is 22.7. The Bertz CT molecular complexity index is 1510. The van der Waals surface area contributed by atoms with Crippen LogP contribution in [0.15, 0.2) is 74.7 Å². The molecule has 1 saturated heterocycles. The Balaban J connectivity index is 0.00000160. The minimum Gasteiger partial charge on any atom is -0.423 e. The molecule has 0 aliphatic carbocycles. The Morgan fingerprint density at radius 3 is 2.65 bits per heavy atom. The molecule has 3 aromatic heterocycles. The summed E-state index contributed by atoms with van der Waals surface area (Å²) in [7, 11) is 0. The van der Waals surface area contributed by atoms with Crippen molar-refractivity contribution in [2.24, 2.45) is 0 Å². The van der Waals surface area contributed by atoms with Gasteiger partial charge in [-0.3, -0.25) is 0 Å². The highest BCUT2D eigenvalue weighted by atomic mass is 35.5. The molecule has 0 radical (unpaired) electrons. The van der Waals surface area contributed by atoms with Crippen LogP contribution in [0.25, 0.3) is 22.0 Å². The highest BCUT2D eigenvalue weighted by Gasteiger charge is 2.22. The molecule has 2 aromatic carbocycles. The Hall–Kier alpha value is -2.91. The van der Waals surface area contributed by atoms with Gasteiger partial charge in [-0.15, -0.1) is 36.2 Å². The molecule has 1 aliphatic rings. The van der Waals surface area contributed by atoms with E-state index in [9.17, 15) is 4.79 Å². The molecule has 6 rings (SSSR count). The maximum atomic E-state index is 12.4. The molecule has 1 N–H and O–H groups in total. The minimum absolute atomic E-state index is 0. The van der Waals surface area contributed by atoms with Crippen LogP contribution in [-0.4, -0.2) is 45.1 Å². The monoisotopic (exact) mass is 557 g/mol. The molecule has 37 heavy (non-hydrogen) atoms. The zero-order chi connectivity index (χ0) is 23.6. The number of aromatic nitrogens is 3. The van der Waals surface area contributed by atoms with Gasteiger partial charge in [-0.2, -0.15) is 0 Å². The number of piperidine rings is 1. The van der Waals surface area contributed by atoms with Crippen molar-refractivity contribution in [2.45, 2.75) is 31.8 Å². The highest BCUT2D eigenvalue weighted by Crippen LogP contribution is 2.24. The Morgan fingerprint density at radius 1 is 1.05 bits per heavy atom. The van der Waals surface area contributed by atoms with Crippen LogP contribution >= 0.6 is 36.2 Å². The standard InChI is InChI=1S/C27H27N5O2S.2ClH/c33-26-20(15-19-5-1-4-8-25(19)34-26)9-12-31-13-10-21(11-14-31)29-27-30-23-6-2-3-7-24(23)32(27)16-22-17-35-18-28-22;;/h1-8,15,17-18,21H,9-14,16H2,(H,29,30);2*1H. The van der Waals surface area contributed by atoms with E-state index in [0.29, 0.717) is 24.6 Å². The van der Waals surface area contributed by atoms with Gasteiger partial charge in [0.05, 0.1) is 28.8 Å². The van der Waals surface area contributed by atoms with Crippen molar-refractivity contribution in [3.63, 3.8) is 0 Å². The minimum atomic E-state index is -0.223. The van der Waals surface area contributed by atoms with Crippen LogP contribution in [0.3, 0.4) is 0 Å². The van der Waals surface area contributed by atoms with Crippen LogP contribution in [0, 0.1) is 0 Å². The van der Waals surface area contributed by atoms with Crippen LogP contribution in [0.2, 0.25) is 0 Å². The van der Waals surface area contributed by atoms with Crippen LogP contribution in [0.4, 0.5) is 5.95 Å². The van der Waals surface area contributed by atoms with Crippen molar-refractivity contribution in [1.82, 2.24) is 19.4 Å². The summed E-state index contributed by atoms with van der Waals surface area (Å²) in [5, 5.41) is 6.78. The molecule has 4 heterocycles. The summed E-state index contributed by atoms with van der Waals surface area (Å²) in [5.41, 5.74) is 6.22. The van der Waals surface area contributed by atoms with Crippen LogP contribution in [-0.2, 0) is 13.0 Å². The zero-order valence-electron chi connectivity index (χ0n) is 20.2. The van der Waals surface area contributed by atoms with Crippen molar-refractivity contribution in [3.8, 4) is 0 Å². The molecule has 0 saturated carbocycles. The number of benzene rings is 2. The Kier molecular flexibility index (Phi) is 8.87. The van der Waals surface area contributed by atoms with Crippen molar-refractivity contribution < 1.29 is 4.42 Å². The lowest BCUT2D eigenvalue weighted by Gasteiger charge is -2.32. The van der Waals surface area contributed by atoms with Gasteiger partial charge in [-0.25, -0.2) is 14.8 Å².